The topological polar surface area (TPSA) is 668 Å². The summed E-state index contributed by atoms with van der Waals surface area (Å²) in [6.07, 6.45) is 16.9. The summed E-state index contributed by atoms with van der Waals surface area (Å²) in [6.45, 7) is 7.37. The summed E-state index contributed by atoms with van der Waals surface area (Å²) in [5, 5.41) is 84.5. The molecule has 560 valence electrons. The predicted molar refractivity (Wildman–Crippen MR) is 374 cm³/mol. The van der Waals surface area contributed by atoms with E-state index in [9.17, 15) is 47.9 Å². The van der Waals surface area contributed by atoms with Crippen molar-refractivity contribution in [2.24, 2.45) is 21.1 Å². The number of rotatable bonds is 8. The normalized spacial score (nSPS) is 11.9. The lowest BCUT2D eigenvalue weighted by molar-refractivity contribution is -0.117. The van der Waals surface area contributed by atoms with Crippen LogP contribution in [-0.2, 0) is 43.7 Å². The fraction of sp³-hybridized carbons (Fsp3) is 0.150. The number of imidazole rings is 1. The molecular formula is C60H47Cl2N29O18S. The highest BCUT2D eigenvalue weighted by Gasteiger charge is 2.26. The smallest absolute Gasteiger partial charge is 0.357 e. The maximum atomic E-state index is 11.4. The number of H-pyrrole nitrogens is 2. The van der Waals surface area contributed by atoms with Crippen LogP contribution in [0.25, 0.3) is 70.6 Å². The van der Waals surface area contributed by atoms with Crippen LogP contribution < -0.4 is 10.6 Å². The Morgan fingerprint density at radius 1 is 0.473 bits per heavy atom. The number of carbonyl (C=O) groups is 10. The Balaban J connectivity index is 0.000000145. The van der Waals surface area contributed by atoms with Crippen LogP contribution in [0, 0.1) is 6.57 Å². The zero-order valence-corrected chi connectivity index (χ0v) is 58.4. The quantitative estimate of drug-likeness (QED) is 0.0951. The highest BCUT2D eigenvalue weighted by molar-refractivity contribution is 7.16. The number of carbonyl (C=O) groups excluding carboxylic acids is 2. The molecule has 47 nitrogen and oxygen atoms in total. The van der Waals surface area contributed by atoms with Gasteiger partial charge in [-0.15, -0.1) is 16.4 Å². The summed E-state index contributed by atoms with van der Waals surface area (Å²) >= 11 is 12.9. The maximum absolute atomic E-state index is 11.4. The number of aromatic amines is 2. The number of thiazole rings is 1. The molecule has 0 fully saturated rings. The lowest BCUT2D eigenvalue weighted by Gasteiger charge is -2.12. The SMILES string of the molecule is CN1CC(=O)Nc2ncnc(C(=O)O)c2C1.Cn1cc(Cl)c2c(C(=O)O)ncnc21.Cn1cnc2ncnc(C(=O)O)c21.Cn1nnc2c(C(=O)O)ncnc21.O=C(O)c1ncnc2[nH]cc(Cl)c12.O=C(O)c1ncnc2scnc12.O=C1CCCc2c(ncnc2C(=O)O)N1.[C-]#[N+]c1c[nH]c2ncnc(C(=O)O)c12. The minimum atomic E-state index is -1.16. The average molecular weight is 1570 g/mol. The second kappa shape index (κ2) is 35.0. The standard InChI is InChI=1S/C9H10N4O3.C9H9N3O3.C8H6ClN3O2.C8H4N4O2.C7H4ClN3O2.C7H6N4O2.C6H5N5O2.C6H3N3O2S/c1-13-2-5-7(9(15)16)10-4-11-8(5)12-6(14)3-13;13-6-3-1-2-5-7(9(14)15)10-4-11-8(5)12-6;1-12-2-4(9)5-6(8(13)14)10-3-11-7(5)12;1-9-4-2-10-7-5(4)6(8(13)14)11-3-12-7;8-3-1-9-6-4(3)5(7(12)13)10-2-11-6;1-11-3-10-6-5(11)4(7(12)13)8-2-9-6;1-11-5-3(9-10-11)4(6(12)13)7-2-8-5;10-6(11)4-3-5(8-1-7-4)12-2-9-3/h4H,2-3H2,1H3,(H,15,16)(H,10,11,12,14);4H,1-3H2,(H,14,15)(H,10,11,12,13);2-3H,1H3,(H,13,14);2-3H,(H,13,14)(H,10,11,12);1-2H,(H,12,13)(H,9,10,11);2-3H,1H3,(H,12,13);2H,1H3,(H,12,13);1-2H,(H,10,11). The molecule has 50 heteroatoms. The molecule has 0 unspecified atom stereocenters. The number of anilines is 2. The van der Waals surface area contributed by atoms with Gasteiger partial charge < -0.3 is 70.6 Å². The van der Waals surface area contributed by atoms with Crippen molar-refractivity contribution in [1.82, 2.24) is 129 Å². The number of nitrogens with zero attached hydrogens (tertiary/aromatic N) is 25. The van der Waals surface area contributed by atoms with E-state index < -0.39 is 47.8 Å². The monoisotopic (exact) mass is 1560 g/mol. The first-order valence-corrected chi connectivity index (χ1v) is 31.7. The molecule has 0 aliphatic carbocycles. The molecule has 0 aromatic carbocycles. The molecule has 0 saturated heterocycles. The van der Waals surface area contributed by atoms with Gasteiger partial charge in [-0.25, -0.2) is 138 Å². The number of aromatic carboxylic acids is 8. The van der Waals surface area contributed by atoms with E-state index in [1.54, 1.807) is 53.9 Å². The summed E-state index contributed by atoms with van der Waals surface area (Å²) in [5.41, 5.74) is 5.24. The molecule has 2 aliphatic heterocycles. The van der Waals surface area contributed by atoms with Gasteiger partial charge in [0.25, 0.3) is 0 Å². The highest BCUT2D eigenvalue weighted by Crippen LogP contribution is 2.29. The number of aromatic nitrogens is 25. The van der Waals surface area contributed by atoms with E-state index in [2.05, 4.69) is 125 Å². The number of carboxylic acid groups (broad SMARTS) is 8. The third-order valence-corrected chi connectivity index (χ3v) is 15.7. The molecule has 0 saturated carbocycles. The Hall–Kier alpha value is -15.3. The maximum Gasteiger partial charge on any atom is 0.357 e. The number of likely N-dealkylation sites (N-methyl/N-ethyl adjacent to an activating group) is 1. The molecule has 14 aromatic rings. The van der Waals surface area contributed by atoms with Crippen LogP contribution in [0.1, 0.15) is 108 Å². The number of hydrogen-bond donors (Lipinski definition) is 12. The van der Waals surface area contributed by atoms with Crippen molar-refractivity contribution in [3.8, 4) is 0 Å². The highest BCUT2D eigenvalue weighted by atomic mass is 35.5. The number of aryl methyl sites for hydroxylation is 3. The van der Waals surface area contributed by atoms with Crippen molar-refractivity contribution in [1.29, 1.82) is 0 Å². The van der Waals surface area contributed by atoms with Crippen LogP contribution in [0.3, 0.4) is 0 Å². The molecule has 16 rings (SSSR count). The third kappa shape index (κ3) is 18.3. The van der Waals surface area contributed by atoms with Gasteiger partial charge in [0.15, 0.2) is 62.4 Å². The van der Waals surface area contributed by atoms with E-state index in [0.717, 1.165) is 19.0 Å². The molecule has 14 aromatic heterocycles. The number of carboxylic acids is 8. The average Bonchev–Trinajstić information content (AvgIpc) is 1.64. The van der Waals surface area contributed by atoms with Crippen LogP contribution in [0.2, 0.25) is 10.0 Å². The van der Waals surface area contributed by atoms with Gasteiger partial charge in [-0.1, -0.05) is 28.4 Å². The molecule has 0 radical (unpaired) electrons. The Morgan fingerprint density at radius 2 is 0.955 bits per heavy atom. The summed E-state index contributed by atoms with van der Waals surface area (Å²) in [5.74, 6) is -8.63. The Bertz CT molecular complexity index is 5910. The van der Waals surface area contributed by atoms with Crippen molar-refractivity contribution in [2.45, 2.75) is 25.8 Å². The van der Waals surface area contributed by atoms with Crippen LogP contribution in [0.4, 0.5) is 17.3 Å². The van der Waals surface area contributed by atoms with Gasteiger partial charge in [0.2, 0.25) is 17.5 Å². The summed E-state index contributed by atoms with van der Waals surface area (Å²) in [6, 6.07) is 0. The first-order chi connectivity index (χ1) is 52.5. The van der Waals surface area contributed by atoms with Gasteiger partial charge in [0.1, 0.15) is 95.1 Å². The lowest BCUT2D eigenvalue weighted by atomic mass is 10.1. The van der Waals surface area contributed by atoms with Gasteiger partial charge in [-0.05, 0) is 19.9 Å². The summed E-state index contributed by atoms with van der Waals surface area (Å²) in [4.78, 5) is 187. The fourth-order valence-corrected chi connectivity index (χ4v) is 10.9. The van der Waals surface area contributed by atoms with Crippen LogP contribution >= 0.6 is 34.5 Å². The molecule has 110 heavy (non-hydrogen) atoms. The Labute approximate surface area is 622 Å². The second-order valence-electron chi connectivity index (χ2n) is 21.6. The van der Waals surface area contributed by atoms with Crippen LogP contribution in [0.5, 0.6) is 0 Å². The molecule has 16 heterocycles. The van der Waals surface area contributed by atoms with E-state index in [1.165, 1.54) is 66.4 Å². The molecule has 12 N–H and O–H groups in total. The zero-order valence-electron chi connectivity index (χ0n) is 56.0. The largest absolute Gasteiger partial charge is 0.477 e. The van der Waals surface area contributed by atoms with Crippen molar-refractivity contribution in [3.05, 3.63) is 159 Å². The molecule has 2 amide bonds. The van der Waals surface area contributed by atoms with E-state index in [0.29, 0.717) is 108 Å². The van der Waals surface area contributed by atoms with Crippen LogP contribution in [0.15, 0.2) is 81.0 Å². The van der Waals surface area contributed by atoms with Gasteiger partial charge in [-0.3, -0.25) is 14.5 Å². The number of nitrogens with one attached hydrogen (secondary N) is 4. The molecule has 0 atom stereocenters. The van der Waals surface area contributed by atoms with E-state index in [1.807, 2.05) is 0 Å². The van der Waals surface area contributed by atoms with Gasteiger partial charge in [0.05, 0.1) is 51.2 Å². The zero-order chi connectivity index (χ0) is 79.8. The summed E-state index contributed by atoms with van der Waals surface area (Å²) < 4.78 is 4.63. The molecular weight excluding hydrogens is 1520 g/mol. The Kier molecular flexibility index (Phi) is 25.1. The first kappa shape index (κ1) is 78.9. The minimum Gasteiger partial charge on any atom is -0.477 e. The van der Waals surface area contributed by atoms with E-state index >= 15 is 0 Å². The minimum absolute atomic E-state index is 0.0231. The first-order valence-electron chi connectivity index (χ1n) is 30.1. The fourth-order valence-electron chi connectivity index (χ4n) is 9.77. The lowest BCUT2D eigenvalue weighted by Crippen LogP contribution is -2.26. The predicted octanol–water partition coefficient (Wildman–Crippen LogP) is 4.15. The van der Waals surface area contributed by atoms with Gasteiger partial charge in [0, 0.05) is 63.8 Å². The van der Waals surface area contributed by atoms with Crippen molar-refractivity contribution >= 4 is 177 Å². The van der Waals surface area contributed by atoms with Crippen molar-refractivity contribution in [2.75, 3.05) is 24.2 Å². The summed E-state index contributed by atoms with van der Waals surface area (Å²) in [7, 11) is 6.80. The van der Waals surface area contributed by atoms with Gasteiger partial charge >= 0.3 is 47.8 Å². The number of fused-ring (bicyclic) bond motifs is 8. The van der Waals surface area contributed by atoms with Crippen LogP contribution in [-0.4, -0.2) is 243 Å². The van der Waals surface area contributed by atoms with E-state index in [4.69, 9.17) is 70.6 Å². The Morgan fingerprint density at radius 3 is 1.56 bits per heavy atom. The van der Waals surface area contributed by atoms with Crippen molar-refractivity contribution < 1.29 is 88.8 Å². The molecule has 2 aliphatic rings. The number of halogens is 2. The van der Waals surface area contributed by atoms with Crippen molar-refractivity contribution in [3.63, 3.8) is 0 Å². The second-order valence-corrected chi connectivity index (χ2v) is 23.2. The molecule has 0 spiro atoms. The molecule has 0 bridgehead atoms. The van der Waals surface area contributed by atoms with E-state index in [-0.39, 0.29) is 86.3 Å². The van der Waals surface area contributed by atoms with Gasteiger partial charge in [-0.2, -0.15) is 0 Å². The number of amides is 2. The third-order valence-electron chi connectivity index (χ3n) is 14.4. The number of hydrogen-bond acceptors (Lipinski definition) is 32.